The number of aliphatic carboxylic acids is 6. The number of amides is 9. The Morgan fingerprint density at radius 1 is 0.544 bits per heavy atom. The van der Waals surface area contributed by atoms with Crippen molar-refractivity contribution in [2.24, 2.45) is 0 Å². The molecule has 2 heterocycles. The van der Waals surface area contributed by atoms with Crippen LogP contribution >= 0.6 is 39.1 Å². The summed E-state index contributed by atoms with van der Waals surface area (Å²) in [6, 6.07) is 3.52. The van der Waals surface area contributed by atoms with Crippen LogP contribution in [0.3, 0.4) is 0 Å². The van der Waals surface area contributed by atoms with Crippen molar-refractivity contribution >= 4 is 122 Å². The predicted molar refractivity (Wildman–Crippen MR) is 404 cm³/mol. The van der Waals surface area contributed by atoms with Crippen molar-refractivity contribution in [2.75, 3.05) is 98.2 Å². The number of aliphatic hydroxyl groups is 1. The number of imide groups is 1. The molecule has 4 rings (SSSR count). The number of phenolic OH excluding ortho intramolecular Hbond substituents is 1. The van der Waals surface area contributed by atoms with Gasteiger partial charge in [0.15, 0.2) is 0 Å². The first kappa shape index (κ1) is 96.8. The Balaban J connectivity index is 1.33. The molecule has 9 amide bonds. The number of urea groups is 1. The second kappa shape index (κ2) is 51.3. The minimum Gasteiger partial charge on any atom is -0.507 e. The fourth-order valence-electron chi connectivity index (χ4n) is 11.8. The summed E-state index contributed by atoms with van der Waals surface area (Å²) >= 11 is 1.79. The van der Waals surface area contributed by atoms with Gasteiger partial charge in [0.2, 0.25) is 35.4 Å². The number of rotatable bonds is 51. The zero-order valence-corrected chi connectivity index (χ0v) is 66.1. The van der Waals surface area contributed by atoms with E-state index in [1.165, 1.54) is 39.1 Å². The Kier molecular flexibility index (Phi) is 43.5. The van der Waals surface area contributed by atoms with Gasteiger partial charge in [-0.1, -0.05) is 49.2 Å². The van der Waals surface area contributed by atoms with Gasteiger partial charge in [-0.25, -0.2) is 29.1 Å². The number of aromatic nitrogens is 2. The molecule has 0 radical (unpaired) electrons. The number of benzene rings is 2. The molecule has 114 heavy (non-hydrogen) atoms. The molecule has 0 saturated carbocycles. The van der Waals surface area contributed by atoms with Crippen molar-refractivity contribution in [3.05, 3.63) is 81.4 Å². The van der Waals surface area contributed by atoms with Crippen LogP contribution in [0.15, 0.2) is 61.1 Å². The lowest BCUT2D eigenvalue weighted by Gasteiger charge is -2.35. The third kappa shape index (κ3) is 39.0. The Morgan fingerprint density at radius 2 is 1.06 bits per heavy atom. The number of imidazole rings is 1. The number of carbonyl (C=O) groups is 14. The Morgan fingerprint density at radius 3 is 1.56 bits per heavy atom. The van der Waals surface area contributed by atoms with Crippen molar-refractivity contribution in [1.29, 1.82) is 0 Å². The molecular formula is C68H99IN14O29P2+2. The lowest BCUT2D eigenvalue weighted by molar-refractivity contribution is -0.281. The van der Waals surface area contributed by atoms with E-state index in [0.717, 1.165) is 10.9 Å². The van der Waals surface area contributed by atoms with Crippen LogP contribution in [0.4, 0.5) is 9.59 Å². The van der Waals surface area contributed by atoms with Crippen LogP contribution in [0.2, 0.25) is 0 Å². The van der Waals surface area contributed by atoms with Crippen molar-refractivity contribution < 1.29 is 141 Å². The van der Waals surface area contributed by atoms with Crippen LogP contribution < -0.4 is 37.2 Å². The van der Waals surface area contributed by atoms with Crippen LogP contribution in [0.5, 0.6) is 5.75 Å². The third-order valence-corrected chi connectivity index (χ3v) is 19.4. The van der Waals surface area contributed by atoms with E-state index in [4.69, 9.17) is 14.9 Å². The summed E-state index contributed by atoms with van der Waals surface area (Å²) in [5.41, 5.74) is 0.969. The number of phenols is 1. The third-order valence-electron chi connectivity index (χ3n) is 17.6. The molecule has 3 unspecified atom stereocenters. The highest BCUT2D eigenvalue weighted by molar-refractivity contribution is 14.1. The number of carboxylic acids is 6. The number of hydrogen-bond acceptors (Lipinski definition) is 25. The van der Waals surface area contributed by atoms with Gasteiger partial charge in [-0.3, -0.25) is 67.5 Å². The number of carboxylic acid groups (broad SMARTS) is 7. The summed E-state index contributed by atoms with van der Waals surface area (Å²) in [6.45, 7) is -2.59. The average Bonchev–Trinajstić information content (AvgIpc) is 0.900. The summed E-state index contributed by atoms with van der Waals surface area (Å²) in [5.74, 6) is -15.0. The molecule has 18 N–H and O–H groups in total. The lowest BCUT2D eigenvalue weighted by Crippen LogP contribution is -2.54. The molecule has 0 aliphatic carbocycles. The maximum atomic E-state index is 14.7. The van der Waals surface area contributed by atoms with Gasteiger partial charge in [-0.05, 0) is 113 Å². The van der Waals surface area contributed by atoms with Crippen LogP contribution in [-0.2, 0) is 95.1 Å². The molecule has 43 nitrogen and oxygen atoms in total. The van der Waals surface area contributed by atoms with E-state index in [1.807, 2.05) is 0 Å². The smallest absolute Gasteiger partial charge is 0.507 e. The van der Waals surface area contributed by atoms with Crippen molar-refractivity contribution in [3.8, 4) is 5.75 Å². The molecule has 2 aromatic carbocycles. The van der Waals surface area contributed by atoms with E-state index in [9.17, 15) is 117 Å². The zero-order chi connectivity index (χ0) is 84.5. The number of nitrogens with one attached hydrogen (secondary N) is 7. The molecule has 0 bridgehead atoms. The van der Waals surface area contributed by atoms with Gasteiger partial charge in [0.1, 0.15) is 42.5 Å². The highest BCUT2D eigenvalue weighted by Crippen LogP contribution is 2.34. The lowest BCUT2D eigenvalue weighted by atomic mass is 10.0. The fraction of sp³-hybridized carbons (Fsp3) is 0.574. The van der Waals surface area contributed by atoms with Crippen molar-refractivity contribution in [1.82, 2.24) is 71.3 Å². The number of unbranched alkanes of at least 4 members (excludes halogenated alkanes) is 5. The molecule has 1 aliphatic heterocycles. The van der Waals surface area contributed by atoms with E-state index in [1.54, 1.807) is 57.8 Å². The standard InChI is InChI=1S/C68H97IN14O29P2/c69-47-37-45(18-20-52(47)84)60(77-55(87)21-19-51(65(101)102)82-34-32-79(40-58(91)92)30-28-78(29-31-80(33-35-82)41-59(93)94)39-56(88)72-26-22-46-38-81(43-73-46)42-68(106,111-113(107)108)112-114(109)110)62(96)75-50(36-44-12-4-3-5-13-44)61(95)74-48(63(97)98)14-8-10-24-70-53(85)16-6-1-2-7-17-54(86)71-25-11-9-15-49(64(99)100)76-66(103)83(67(104)105)27-23-57(89)90/h3-5,12-13,18,20,37-38,43,48-51,60,106H,1-2,6-11,14-17,19,21-36,39-42H2,(H15-2,70,71,72,74,75,76,77,84,85,86,87,88,89,90,91,92,93,94,95,96,97,98,99,100,101,102,103,104,105,107,108,109,110)/p+2/t48-,49-,50+,51?,60+/m1/s1. The molecular weight excluding hydrogens is 1670 g/mol. The highest BCUT2D eigenvalue weighted by atomic mass is 127. The summed E-state index contributed by atoms with van der Waals surface area (Å²) in [6.07, 6.45) is 2.45. The van der Waals surface area contributed by atoms with Gasteiger partial charge in [0.25, 0.3) is 0 Å². The molecule has 630 valence electrons. The molecule has 0 spiro atoms. The van der Waals surface area contributed by atoms with Gasteiger partial charge in [-0.2, -0.15) is 0 Å². The Hall–Kier alpha value is -9.60. The largest absolute Gasteiger partial charge is 0.700 e. The summed E-state index contributed by atoms with van der Waals surface area (Å²) in [4.78, 5) is 207. The second-order valence-corrected chi connectivity index (χ2v) is 28.9. The first-order valence-electron chi connectivity index (χ1n) is 36.2. The first-order valence-corrected chi connectivity index (χ1v) is 39.6. The number of nitrogens with zero attached hydrogens (tertiary/aromatic N) is 7. The molecule has 3 aromatic rings. The second-order valence-electron chi connectivity index (χ2n) is 26.4. The van der Waals surface area contributed by atoms with E-state index < -0.39 is 170 Å². The van der Waals surface area contributed by atoms with E-state index in [-0.39, 0.29) is 162 Å². The molecule has 7 atom stereocenters. The number of hydrogen-bond donors (Lipinski definition) is 18. The van der Waals surface area contributed by atoms with Crippen molar-refractivity contribution in [2.45, 2.75) is 152 Å². The summed E-state index contributed by atoms with van der Waals surface area (Å²) in [5, 5.41) is 107. The number of aromatic hydroxyl groups is 1. The minimum atomic E-state index is -3.48. The van der Waals surface area contributed by atoms with Crippen LogP contribution in [0.25, 0.3) is 0 Å². The fourth-order valence-corrected chi connectivity index (χ4v) is 13.0. The number of halogens is 1. The van der Waals surface area contributed by atoms with Crippen molar-refractivity contribution in [3.63, 3.8) is 0 Å². The Labute approximate surface area is 668 Å². The summed E-state index contributed by atoms with van der Waals surface area (Å²) in [7, 11) is -6.96. The quantitative estimate of drug-likeness (QED) is 0.0155. The molecule has 1 saturated heterocycles. The van der Waals surface area contributed by atoms with E-state index >= 15 is 0 Å². The molecule has 46 heteroatoms. The monoisotopic (exact) mass is 1760 g/mol. The minimum absolute atomic E-state index is 0.00349. The predicted octanol–water partition coefficient (Wildman–Crippen LogP) is 0.140. The molecule has 1 fully saturated rings. The Bertz CT molecular complexity index is 3730. The highest BCUT2D eigenvalue weighted by Gasteiger charge is 2.49. The van der Waals surface area contributed by atoms with Crippen LogP contribution in [-0.4, -0.2) is 301 Å². The van der Waals surface area contributed by atoms with Gasteiger partial charge < -0.3 is 87.7 Å². The maximum Gasteiger partial charge on any atom is 0.700 e. The van der Waals surface area contributed by atoms with Crippen LogP contribution in [0, 0.1) is 3.57 Å². The van der Waals surface area contributed by atoms with Gasteiger partial charge in [0, 0.05) is 126 Å². The zero-order valence-electron chi connectivity index (χ0n) is 62.2. The van der Waals surface area contributed by atoms with Gasteiger partial charge in [-0.15, -0.1) is 9.79 Å². The normalized spacial score (nSPS) is 15.4. The summed E-state index contributed by atoms with van der Waals surface area (Å²) < 4.78 is 32.5. The first-order chi connectivity index (χ1) is 54.0. The molecule has 1 aliphatic rings. The van der Waals surface area contributed by atoms with Gasteiger partial charge in [0.05, 0.1) is 41.6 Å². The van der Waals surface area contributed by atoms with E-state index in [2.05, 4.69) is 51.2 Å². The van der Waals surface area contributed by atoms with E-state index in [0.29, 0.717) is 49.8 Å². The maximum absolute atomic E-state index is 14.7. The van der Waals surface area contributed by atoms with Crippen LogP contribution in [0.1, 0.15) is 119 Å². The SMILES string of the molecule is O=C(O)CCN(C(=O)O)C(=O)N[C@H](CCCCNC(=O)CCCCCCC(=O)NCCCC[C@@H](NC(=O)[C@H](Cc1ccccc1)NC(=O)[C@@H](NC(=O)CCC(C(=O)O)N1CCN(CC(=O)O)CCN(CC(=O)NCCc2cn(CC(O)(O[P+](=O)O)O[P+](=O)O)cn2)CCN(CC(=O)O)CC1)c1ccc(O)c(I)c1)C(=O)O)C(=O)O. The number of carbonyl (C=O) groups excluding carboxylic acids is 7. The average molecular weight is 1770 g/mol. The molecule has 1 aromatic heterocycles. The van der Waals surface area contributed by atoms with Gasteiger partial charge >= 0.3 is 70.4 Å². The topological polar surface area (TPSA) is 632 Å².